The van der Waals surface area contributed by atoms with Crippen molar-refractivity contribution in [1.82, 2.24) is 16.0 Å². The molecule has 4 N–H and O–H groups in total. The van der Waals surface area contributed by atoms with E-state index in [1.807, 2.05) is 0 Å². The number of carboxylic acids is 1. The maximum absolute atomic E-state index is 11.9. The largest absolute Gasteiger partial charge is 0.481 e. The van der Waals surface area contributed by atoms with Crippen molar-refractivity contribution >= 4 is 17.9 Å². The number of hydrogen-bond acceptors (Lipinski definition) is 3. The number of carbonyl (C=O) groups is 3. The van der Waals surface area contributed by atoms with Crippen molar-refractivity contribution in [3.05, 3.63) is 0 Å². The van der Waals surface area contributed by atoms with Gasteiger partial charge >= 0.3 is 12.0 Å². The van der Waals surface area contributed by atoms with E-state index in [0.717, 1.165) is 32.1 Å². The Morgan fingerprint density at radius 3 is 2.33 bits per heavy atom. The molecule has 21 heavy (non-hydrogen) atoms. The molecule has 2 rings (SSSR count). The van der Waals surface area contributed by atoms with Crippen molar-refractivity contribution in [2.24, 2.45) is 0 Å². The predicted octanol–water partition coefficient (Wildman–Crippen LogP) is 0.742. The second-order valence-corrected chi connectivity index (χ2v) is 6.06. The molecule has 0 radical (unpaired) electrons. The molecule has 118 valence electrons. The van der Waals surface area contributed by atoms with Crippen LogP contribution in [0.3, 0.4) is 0 Å². The zero-order valence-corrected chi connectivity index (χ0v) is 12.1. The molecule has 7 nitrogen and oxygen atoms in total. The van der Waals surface area contributed by atoms with E-state index in [2.05, 4.69) is 16.0 Å². The fourth-order valence-corrected chi connectivity index (χ4v) is 2.82. The average Bonchev–Trinajstić information content (AvgIpc) is 3.20. The number of aliphatic carboxylic acids is 1. The minimum Gasteiger partial charge on any atom is -0.481 e. The molecule has 0 aromatic rings. The minimum atomic E-state index is -0.913. The third-order valence-corrected chi connectivity index (χ3v) is 4.03. The molecule has 0 spiro atoms. The molecule has 2 aliphatic rings. The summed E-state index contributed by atoms with van der Waals surface area (Å²) >= 11 is 0. The van der Waals surface area contributed by atoms with Crippen LogP contribution in [0.5, 0.6) is 0 Å². The van der Waals surface area contributed by atoms with Crippen LogP contribution in [-0.4, -0.2) is 41.1 Å². The summed E-state index contributed by atoms with van der Waals surface area (Å²) in [7, 11) is 0. The number of rotatable bonds is 6. The summed E-state index contributed by atoms with van der Waals surface area (Å²) in [5.74, 6) is -1.12. The molecule has 0 aromatic carbocycles. The van der Waals surface area contributed by atoms with Gasteiger partial charge in [-0.15, -0.1) is 0 Å². The molecule has 2 fully saturated rings. The highest BCUT2D eigenvalue weighted by molar-refractivity contribution is 5.84. The van der Waals surface area contributed by atoms with Gasteiger partial charge in [0, 0.05) is 6.04 Å². The van der Waals surface area contributed by atoms with E-state index in [4.69, 9.17) is 5.11 Å². The lowest BCUT2D eigenvalue weighted by atomic mass is 9.79. The molecule has 0 bridgehead atoms. The molecule has 0 saturated heterocycles. The third kappa shape index (κ3) is 5.24. The zero-order valence-electron chi connectivity index (χ0n) is 12.1. The fourth-order valence-electron chi connectivity index (χ4n) is 2.82. The van der Waals surface area contributed by atoms with Crippen molar-refractivity contribution < 1.29 is 19.5 Å². The topological polar surface area (TPSA) is 108 Å². The molecule has 2 saturated carbocycles. The Bertz CT molecular complexity index is 414. The first kappa shape index (κ1) is 15.6. The number of nitrogens with one attached hydrogen (secondary N) is 3. The SMILES string of the molecule is O=C(O)CC1(NC(=O)NCC(=O)NC2CC2)CCCCC1. The van der Waals surface area contributed by atoms with E-state index in [1.54, 1.807) is 0 Å². The first-order chi connectivity index (χ1) is 9.99. The Morgan fingerprint density at radius 1 is 1.10 bits per heavy atom. The van der Waals surface area contributed by atoms with Crippen LogP contribution < -0.4 is 16.0 Å². The summed E-state index contributed by atoms with van der Waals surface area (Å²) in [4.78, 5) is 34.4. The quantitative estimate of drug-likeness (QED) is 0.580. The van der Waals surface area contributed by atoms with E-state index < -0.39 is 17.5 Å². The summed E-state index contributed by atoms with van der Waals surface area (Å²) in [5.41, 5.74) is -0.679. The maximum Gasteiger partial charge on any atom is 0.315 e. The molecule has 3 amide bonds. The van der Waals surface area contributed by atoms with Gasteiger partial charge in [-0.1, -0.05) is 19.3 Å². The highest BCUT2D eigenvalue weighted by Crippen LogP contribution is 2.31. The van der Waals surface area contributed by atoms with Crippen molar-refractivity contribution in [2.45, 2.75) is 62.9 Å². The summed E-state index contributed by atoms with van der Waals surface area (Å²) in [6, 6.07) is -0.205. The number of amides is 3. The van der Waals surface area contributed by atoms with E-state index in [-0.39, 0.29) is 24.9 Å². The van der Waals surface area contributed by atoms with E-state index in [9.17, 15) is 14.4 Å². The third-order valence-electron chi connectivity index (χ3n) is 4.03. The Kier molecular flexibility index (Phi) is 5.03. The normalized spacial score (nSPS) is 20.4. The van der Waals surface area contributed by atoms with Gasteiger partial charge < -0.3 is 21.1 Å². The first-order valence-electron chi connectivity index (χ1n) is 7.56. The van der Waals surface area contributed by atoms with Crippen LogP contribution in [0.15, 0.2) is 0 Å². The smallest absolute Gasteiger partial charge is 0.315 e. The second-order valence-electron chi connectivity index (χ2n) is 6.06. The van der Waals surface area contributed by atoms with Gasteiger partial charge in [0.05, 0.1) is 18.5 Å². The van der Waals surface area contributed by atoms with Gasteiger partial charge in [0.1, 0.15) is 0 Å². The van der Waals surface area contributed by atoms with Gasteiger partial charge in [0.25, 0.3) is 0 Å². The molecule has 2 aliphatic carbocycles. The molecule has 7 heteroatoms. The van der Waals surface area contributed by atoms with Crippen LogP contribution in [0.25, 0.3) is 0 Å². The first-order valence-corrected chi connectivity index (χ1v) is 7.56. The number of hydrogen-bond donors (Lipinski definition) is 4. The van der Waals surface area contributed by atoms with Gasteiger partial charge in [-0.05, 0) is 25.7 Å². The Labute approximate surface area is 123 Å². The standard InChI is InChI=1S/C14H23N3O4/c18-11(16-10-4-5-10)9-15-13(21)17-14(8-12(19)20)6-2-1-3-7-14/h10H,1-9H2,(H,16,18)(H,19,20)(H2,15,17,21). The van der Waals surface area contributed by atoms with Gasteiger partial charge in [-0.3, -0.25) is 9.59 Å². The molecular weight excluding hydrogens is 274 g/mol. The number of carbonyl (C=O) groups excluding carboxylic acids is 2. The van der Waals surface area contributed by atoms with Crippen molar-refractivity contribution in [1.29, 1.82) is 0 Å². The molecular formula is C14H23N3O4. The van der Waals surface area contributed by atoms with Crippen LogP contribution in [0.1, 0.15) is 51.4 Å². The van der Waals surface area contributed by atoms with Crippen molar-refractivity contribution in [2.75, 3.05) is 6.54 Å². The lowest BCUT2D eigenvalue weighted by Gasteiger charge is -2.36. The highest BCUT2D eigenvalue weighted by Gasteiger charge is 2.36. The zero-order chi connectivity index (χ0) is 15.3. The predicted molar refractivity (Wildman–Crippen MR) is 75.8 cm³/mol. The summed E-state index contributed by atoms with van der Waals surface area (Å²) in [5, 5.41) is 17.1. The maximum atomic E-state index is 11.9. The summed E-state index contributed by atoms with van der Waals surface area (Å²) in [6.07, 6.45) is 6.15. The van der Waals surface area contributed by atoms with Gasteiger partial charge in [-0.2, -0.15) is 0 Å². The average molecular weight is 297 g/mol. The van der Waals surface area contributed by atoms with Crippen LogP contribution in [0.4, 0.5) is 4.79 Å². The summed E-state index contributed by atoms with van der Waals surface area (Å²) < 4.78 is 0. The van der Waals surface area contributed by atoms with Crippen molar-refractivity contribution in [3.8, 4) is 0 Å². The minimum absolute atomic E-state index is 0.0747. The van der Waals surface area contributed by atoms with E-state index in [0.29, 0.717) is 12.8 Å². The molecule has 0 unspecified atom stereocenters. The Balaban J connectivity index is 1.79. The monoisotopic (exact) mass is 297 g/mol. The molecule has 0 aliphatic heterocycles. The van der Waals surface area contributed by atoms with Gasteiger partial charge in [0.2, 0.25) is 5.91 Å². The van der Waals surface area contributed by atoms with Crippen molar-refractivity contribution in [3.63, 3.8) is 0 Å². The Morgan fingerprint density at radius 2 is 1.76 bits per heavy atom. The highest BCUT2D eigenvalue weighted by atomic mass is 16.4. The molecule has 0 atom stereocenters. The van der Waals surface area contributed by atoms with E-state index in [1.165, 1.54) is 0 Å². The number of urea groups is 1. The van der Waals surface area contributed by atoms with Gasteiger partial charge in [-0.25, -0.2) is 4.79 Å². The van der Waals surface area contributed by atoms with Crippen LogP contribution in [0, 0.1) is 0 Å². The second kappa shape index (κ2) is 6.78. The van der Waals surface area contributed by atoms with E-state index >= 15 is 0 Å². The number of carboxylic acid groups (broad SMARTS) is 1. The van der Waals surface area contributed by atoms with Crippen LogP contribution >= 0.6 is 0 Å². The van der Waals surface area contributed by atoms with Crippen LogP contribution in [-0.2, 0) is 9.59 Å². The molecule has 0 heterocycles. The lowest BCUT2D eigenvalue weighted by molar-refractivity contribution is -0.139. The summed E-state index contributed by atoms with van der Waals surface area (Å²) in [6.45, 7) is -0.0779. The lowest BCUT2D eigenvalue weighted by Crippen LogP contribution is -2.55. The van der Waals surface area contributed by atoms with Crippen LogP contribution in [0.2, 0.25) is 0 Å². The fraction of sp³-hybridized carbons (Fsp3) is 0.786. The molecule has 0 aromatic heterocycles. The van der Waals surface area contributed by atoms with Gasteiger partial charge in [0.15, 0.2) is 0 Å². The Hall–Kier alpha value is -1.79.